The second kappa shape index (κ2) is 9.85. The number of rotatable bonds is 3. The van der Waals surface area contributed by atoms with Gasteiger partial charge in [0.05, 0.1) is 11.1 Å². The Bertz CT molecular complexity index is 2430. The van der Waals surface area contributed by atoms with Crippen LogP contribution in [0.25, 0.3) is 54.9 Å². The van der Waals surface area contributed by atoms with Crippen LogP contribution in [0.5, 0.6) is 11.6 Å². The van der Waals surface area contributed by atoms with E-state index >= 15 is 0 Å². The van der Waals surface area contributed by atoms with Gasteiger partial charge in [-0.1, -0.05) is 47.6 Å². The van der Waals surface area contributed by atoms with Gasteiger partial charge in [-0.3, -0.25) is 4.98 Å². The van der Waals surface area contributed by atoms with Gasteiger partial charge in [0, 0.05) is 23.0 Å². The predicted octanol–water partition coefficient (Wildman–Crippen LogP) is 7.27. The number of nitriles is 2. The topological polar surface area (TPSA) is 91.9 Å². The maximum atomic E-state index is 9.68. The van der Waals surface area contributed by atoms with Gasteiger partial charge in [0.25, 0.3) is 0 Å². The van der Waals surface area contributed by atoms with Crippen molar-refractivity contribution in [2.24, 2.45) is 0 Å². The minimum Gasteiger partial charge on any atom is -0.466 e. The second-order valence-corrected chi connectivity index (χ2v) is 9.59. The molecule has 0 atom stereocenters. The van der Waals surface area contributed by atoms with E-state index in [0.29, 0.717) is 34.1 Å². The van der Waals surface area contributed by atoms with Crippen LogP contribution >= 0.6 is 0 Å². The Morgan fingerprint density at radius 2 is 1.57 bits per heavy atom. The molecule has 5 heterocycles. The zero-order valence-corrected chi connectivity index (χ0v) is 23.9. The molecule has 0 fully saturated rings. The smallest absolute Gasteiger partial charge is 0.466 e. The second-order valence-electron chi connectivity index (χ2n) is 9.59. The van der Waals surface area contributed by atoms with E-state index in [1.54, 1.807) is 18.3 Å². The summed E-state index contributed by atoms with van der Waals surface area (Å²) < 4.78 is 10.3. The molecule has 0 aliphatic heterocycles. The van der Waals surface area contributed by atoms with Crippen LogP contribution in [0.3, 0.4) is 0 Å². The van der Waals surface area contributed by atoms with Gasteiger partial charge in [0.15, 0.2) is 0 Å². The van der Waals surface area contributed by atoms with Crippen LogP contribution in [-0.4, -0.2) is 18.9 Å². The summed E-state index contributed by atoms with van der Waals surface area (Å²) in [5.41, 5.74) is 4.85. The summed E-state index contributed by atoms with van der Waals surface area (Å²) in [7, 11) is 0. The Kier molecular flexibility index (Phi) is 5.98. The quantitative estimate of drug-likeness (QED) is 0.142. The molecular formula is C34H16N6OPt. The number of hydrogen-bond acceptors (Lipinski definition) is 5. The van der Waals surface area contributed by atoms with Crippen LogP contribution in [0.2, 0.25) is 0 Å². The number of hydrogen-bond donors (Lipinski definition) is 0. The minimum absolute atomic E-state index is 0. The van der Waals surface area contributed by atoms with Gasteiger partial charge in [-0.2, -0.15) is 28.7 Å². The summed E-state index contributed by atoms with van der Waals surface area (Å²) in [6.45, 7) is 0. The number of fused-ring (bicyclic) bond motifs is 9. The van der Waals surface area contributed by atoms with Gasteiger partial charge in [-0.25, -0.2) is 4.98 Å². The van der Waals surface area contributed by atoms with E-state index in [0.717, 1.165) is 43.6 Å². The first-order chi connectivity index (χ1) is 20.2. The van der Waals surface area contributed by atoms with Crippen molar-refractivity contribution in [1.82, 2.24) is 18.9 Å². The molecule has 0 amide bonds. The fourth-order valence-corrected chi connectivity index (χ4v) is 5.57. The van der Waals surface area contributed by atoms with E-state index in [-0.39, 0.29) is 21.1 Å². The van der Waals surface area contributed by atoms with E-state index in [1.807, 2.05) is 71.4 Å². The molecule has 8 aromatic rings. The van der Waals surface area contributed by atoms with Crippen molar-refractivity contribution in [2.75, 3.05) is 0 Å². The summed E-state index contributed by atoms with van der Waals surface area (Å²) in [4.78, 5) is 9.44. The molecule has 42 heavy (non-hydrogen) atoms. The first-order valence-electron chi connectivity index (χ1n) is 12.9. The molecule has 0 radical (unpaired) electrons. The van der Waals surface area contributed by atoms with Crippen LogP contribution in [0.1, 0.15) is 11.1 Å². The number of para-hydroxylation sites is 1. The van der Waals surface area contributed by atoms with Crippen LogP contribution in [0, 0.1) is 34.8 Å². The molecule has 0 saturated heterocycles. The third-order valence-electron chi connectivity index (χ3n) is 7.35. The van der Waals surface area contributed by atoms with Crippen LogP contribution < -0.4 is 4.74 Å². The van der Waals surface area contributed by atoms with Gasteiger partial charge >= 0.3 is 21.1 Å². The van der Waals surface area contributed by atoms with Crippen molar-refractivity contribution in [2.45, 2.75) is 0 Å². The number of ether oxygens (including phenoxy) is 1. The molecule has 3 aromatic carbocycles. The third kappa shape index (κ3) is 3.76. The molecule has 0 aliphatic carbocycles. The molecule has 7 nitrogen and oxygen atoms in total. The Hall–Kier alpha value is -5.49. The Morgan fingerprint density at radius 1 is 0.762 bits per heavy atom. The maximum Gasteiger partial charge on any atom is 2.00 e. The average molecular weight is 720 g/mol. The van der Waals surface area contributed by atoms with Crippen LogP contribution in [0.15, 0.2) is 97.3 Å². The van der Waals surface area contributed by atoms with E-state index < -0.39 is 0 Å². The molecule has 8 heteroatoms. The molecule has 8 rings (SSSR count). The Labute approximate surface area is 253 Å². The Balaban J connectivity index is 0.00000288. The molecule has 0 bridgehead atoms. The fourth-order valence-electron chi connectivity index (χ4n) is 5.57. The minimum atomic E-state index is 0. The van der Waals surface area contributed by atoms with Crippen LogP contribution in [0.4, 0.5) is 0 Å². The number of aromatic nitrogens is 4. The summed E-state index contributed by atoms with van der Waals surface area (Å²) >= 11 is 0. The standard InChI is InChI=1S/C34H16N6O.Pt/c35-19-21-16-27-25-11-10-23(18-31(25)40(30(27)17-22(21)20-36)32-9-3-4-14-37-32)41-33-13-12-26-24-6-1-2-7-28(24)39-15-5-8-29(39)34(26)38-33;/h1-7,9-17H;/q-2;+2. The summed E-state index contributed by atoms with van der Waals surface area (Å²) in [6, 6.07) is 37.9. The normalized spacial score (nSPS) is 11.1. The number of nitrogens with zero attached hydrogens (tertiary/aromatic N) is 6. The summed E-state index contributed by atoms with van der Waals surface area (Å²) in [5, 5.41) is 23.1. The SMILES string of the molecule is N#Cc1cc2c3ccc(Oc4ccc5c6ccccc6n6cc[c-]c6c5n4)[c-]c3n(-c3ccccn3)c2cc1C#N.[Pt+2]. The van der Waals surface area contributed by atoms with E-state index in [4.69, 9.17) is 9.72 Å². The third-order valence-corrected chi connectivity index (χ3v) is 7.35. The van der Waals surface area contributed by atoms with E-state index in [2.05, 4.69) is 45.8 Å². The first kappa shape index (κ1) is 25.5. The molecule has 198 valence electrons. The predicted molar refractivity (Wildman–Crippen MR) is 156 cm³/mol. The fraction of sp³-hybridized carbons (Fsp3) is 0. The number of benzene rings is 3. The molecule has 0 N–H and O–H groups in total. The summed E-state index contributed by atoms with van der Waals surface area (Å²) in [5.74, 6) is 1.57. The Morgan fingerprint density at radius 3 is 2.40 bits per heavy atom. The van der Waals surface area contributed by atoms with Crippen molar-refractivity contribution < 1.29 is 25.8 Å². The largest absolute Gasteiger partial charge is 2.00 e. The maximum absolute atomic E-state index is 9.68. The number of pyridine rings is 3. The molecule has 0 saturated carbocycles. The van der Waals surface area contributed by atoms with Gasteiger partial charge in [0.1, 0.15) is 18.0 Å². The van der Waals surface area contributed by atoms with E-state index in [1.165, 1.54) is 0 Å². The monoisotopic (exact) mass is 719 g/mol. The van der Waals surface area contributed by atoms with Crippen molar-refractivity contribution in [1.29, 1.82) is 10.5 Å². The van der Waals surface area contributed by atoms with Gasteiger partial charge in [0.2, 0.25) is 5.88 Å². The van der Waals surface area contributed by atoms with Gasteiger partial charge in [-0.15, -0.1) is 17.5 Å². The van der Waals surface area contributed by atoms with Crippen molar-refractivity contribution in [3.8, 4) is 29.6 Å². The van der Waals surface area contributed by atoms with Gasteiger partial charge < -0.3 is 13.7 Å². The summed E-state index contributed by atoms with van der Waals surface area (Å²) in [6.07, 6.45) is 3.70. The van der Waals surface area contributed by atoms with Gasteiger partial charge in [-0.05, 0) is 58.1 Å². The molecule has 0 spiro atoms. The zero-order chi connectivity index (χ0) is 27.5. The van der Waals surface area contributed by atoms with E-state index in [9.17, 15) is 10.5 Å². The molecule has 0 aliphatic rings. The van der Waals surface area contributed by atoms with Crippen molar-refractivity contribution >= 4 is 49.1 Å². The average Bonchev–Trinajstić information content (AvgIpc) is 3.64. The molecule has 5 aromatic heterocycles. The zero-order valence-electron chi connectivity index (χ0n) is 21.6. The first-order valence-corrected chi connectivity index (χ1v) is 12.9. The van der Waals surface area contributed by atoms with Crippen molar-refractivity contribution in [3.63, 3.8) is 0 Å². The molecular weight excluding hydrogens is 703 g/mol. The molecule has 0 unspecified atom stereocenters. The van der Waals surface area contributed by atoms with Crippen molar-refractivity contribution in [3.05, 3.63) is 121 Å². The van der Waals surface area contributed by atoms with Crippen LogP contribution in [-0.2, 0) is 21.1 Å².